The van der Waals surface area contributed by atoms with Crippen molar-refractivity contribution in [3.8, 4) is 11.5 Å². The molecule has 3 aromatic carbocycles. The average Bonchev–Trinajstić information content (AvgIpc) is 2.75. The molecule has 0 unspecified atom stereocenters. The number of rotatable bonds is 6. The molecule has 0 spiro atoms. The first-order valence-electron chi connectivity index (χ1n) is 10.6. The van der Waals surface area contributed by atoms with Crippen LogP contribution in [0.15, 0.2) is 65.1 Å². The van der Waals surface area contributed by atoms with Gasteiger partial charge in [0.2, 0.25) is 0 Å². The van der Waals surface area contributed by atoms with Crippen LogP contribution in [-0.4, -0.2) is 18.5 Å². The van der Waals surface area contributed by atoms with Crippen LogP contribution in [0.5, 0.6) is 11.5 Å². The number of ether oxygens (including phenoxy) is 2. The third-order valence-corrected chi connectivity index (χ3v) is 5.58. The van der Waals surface area contributed by atoms with Gasteiger partial charge in [0.15, 0.2) is 6.61 Å². The summed E-state index contributed by atoms with van der Waals surface area (Å²) in [5.74, 6) is 0.236. The Morgan fingerprint density at radius 1 is 0.939 bits per heavy atom. The van der Waals surface area contributed by atoms with Gasteiger partial charge in [0.25, 0.3) is 5.91 Å². The third kappa shape index (κ3) is 6.68. The third-order valence-electron chi connectivity index (χ3n) is 5.08. The minimum absolute atomic E-state index is 0.142. The Morgan fingerprint density at radius 2 is 1.64 bits per heavy atom. The quantitative estimate of drug-likeness (QED) is 0.300. The Labute approximate surface area is 203 Å². The standard InChI is InChI=1S/C27H28BrNO4/c1-17-6-7-18(2)23(14-17)29-26(31)19-8-11-21(12-9-19)33-25(30)16-32-24-13-10-20(28)15-22(24)27(3,4)5/h6-15H,16H2,1-5H3,(H,29,31). The number of nitrogens with one attached hydrogen (secondary N) is 1. The van der Waals surface area contributed by atoms with E-state index in [1.807, 2.05) is 50.2 Å². The summed E-state index contributed by atoms with van der Waals surface area (Å²) >= 11 is 3.48. The van der Waals surface area contributed by atoms with E-state index in [-0.39, 0.29) is 17.9 Å². The lowest BCUT2D eigenvalue weighted by Gasteiger charge is -2.23. The Kier molecular flexibility index (Phi) is 7.59. The highest BCUT2D eigenvalue weighted by atomic mass is 79.9. The lowest BCUT2D eigenvalue weighted by atomic mass is 9.86. The molecule has 0 radical (unpaired) electrons. The summed E-state index contributed by atoms with van der Waals surface area (Å²) in [7, 11) is 0. The van der Waals surface area contributed by atoms with Crippen LogP contribution in [0, 0.1) is 13.8 Å². The Hall–Kier alpha value is -3.12. The summed E-state index contributed by atoms with van der Waals surface area (Å²) < 4.78 is 12.1. The Morgan fingerprint density at radius 3 is 2.30 bits per heavy atom. The van der Waals surface area contributed by atoms with E-state index in [4.69, 9.17) is 9.47 Å². The van der Waals surface area contributed by atoms with Gasteiger partial charge in [0, 0.05) is 21.3 Å². The smallest absolute Gasteiger partial charge is 0.349 e. The summed E-state index contributed by atoms with van der Waals surface area (Å²) in [6.07, 6.45) is 0. The van der Waals surface area contributed by atoms with Crippen molar-refractivity contribution in [2.24, 2.45) is 0 Å². The number of esters is 1. The molecule has 172 valence electrons. The molecule has 0 aliphatic carbocycles. The Balaban J connectivity index is 1.59. The molecule has 0 atom stereocenters. The van der Waals surface area contributed by atoms with Crippen molar-refractivity contribution in [2.75, 3.05) is 11.9 Å². The number of hydrogen-bond acceptors (Lipinski definition) is 4. The maximum Gasteiger partial charge on any atom is 0.349 e. The van der Waals surface area contributed by atoms with Crippen molar-refractivity contribution in [3.05, 3.63) is 87.4 Å². The van der Waals surface area contributed by atoms with Crippen LogP contribution in [-0.2, 0) is 10.2 Å². The van der Waals surface area contributed by atoms with Crippen LogP contribution in [0.1, 0.15) is 47.8 Å². The van der Waals surface area contributed by atoms with E-state index in [9.17, 15) is 9.59 Å². The number of amides is 1. The first kappa shape index (κ1) is 24.5. The predicted octanol–water partition coefficient (Wildman–Crippen LogP) is 6.60. The zero-order chi connectivity index (χ0) is 24.2. The van der Waals surface area contributed by atoms with Crippen LogP contribution >= 0.6 is 15.9 Å². The molecule has 6 heteroatoms. The van der Waals surface area contributed by atoms with E-state index in [2.05, 4.69) is 42.0 Å². The van der Waals surface area contributed by atoms with Crippen molar-refractivity contribution < 1.29 is 19.1 Å². The molecule has 0 saturated heterocycles. The summed E-state index contributed by atoms with van der Waals surface area (Å²) in [5.41, 5.74) is 4.14. The molecule has 0 heterocycles. The van der Waals surface area contributed by atoms with Crippen LogP contribution in [0.3, 0.4) is 0 Å². The second kappa shape index (κ2) is 10.2. The topological polar surface area (TPSA) is 64.6 Å². The van der Waals surface area contributed by atoms with Crippen molar-refractivity contribution in [1.82, 2.24) is 0 Å². The van der Waals surface area contributed by atoms with Crippen LogP contribution in [0.25, 0.3) is 0 Å². The number of aryl methyl sites for hydroxylation is 2. The minimum atomic E-state index is -0.523. The number of carbonyl (C=O) groups excluding carboxylic acids is 2. The van der Waals surface area contributed by atoms with Gasteiger partial charge in [0.05, 0.1) is 0 Å². The lowest BCUT2D eigenvalue weighted by Crippen LogP contribution is -2.20. The molecule has 0 bridgehead atoms. The highest BCUT2D eigenvalue weighted by Crippen LogP contribution is 2.33. The van der Waals surface area contributed by atoms with Crippen LogP contribution in [0.2, 0.25) is 0 Å². The summed E-state index contributed by atoms with van der Waals surface area (Å²) in [5, 5.41) is 2.92. The predicted molar refractivity (Wildman–Crippen MR) is 134 cm³/mol. The van der Waals surface area contributed by atoms with Crippen molar-refractivity contribution in [2.45, 2.75) is 40.0 Å². The second-order valence-corrected chi connectivity index (χ2v) is 9.87. The zero-order valence-corrected chi connectivity index (χ0v) is 21.1. The van der Waals surface area contributed by atoms with E-state index in [1.165, 1.54) is 0 Å². The van der Waals surface area contributed by atoms with E-state index >= 15 is 0 Å². The van der Waals surface area contributed by atoms with Gasteiger partial charge in [-0.3, -0.25) is 4.79 Å². The molecule has 1 N–H and O–H groups in total. The number of carbonyl (C=O) groups is 2. The van der Waals surface area contributed by atoms with Crippen molar-refractivity contribution >= 4 is 33.5 Å². The second-order valence-electron chi connectivity index (χ2n) is 8.95. The van der Waals surface area contributed by atoms with Crippen molar-refractivity contribution in [3.63, 3.8) is 0 Å². The monoisotopic (exact) mass is 509 g/mol. The number of halogens is 1. The SMILES string of the molecule is Cc1ccc(C)c(NC(=O)c2ccc(OC(=O)COc3ccc(Br)cc3C(C)(C)C)cc2)c1. The largest absolute Gasteiger partial charge is 0.482 e. The molecule has 0 aliphatic rings. The van der Waals surface area contributed by atoms with E-state index < -0.39 is 5.97 Å². The van der Waals surface area contributed by atoms with Crippen LogP contribution < -0.4 is 14.8 Å². The van der Waals surface area contributed by atoms with Gasteiger partial charge in [-0.05, 0) is 78.9 Å². The summed E-state index contributed by atoms with van der Waals surface area (Å²) in [6.45, 7) is 9.94. The van der Waals surface area contributed by atoms with Gasteiger partial charge in [-0.2, -0.15) is 0 Å². The number of benzene rings is 3. The maximum atomic E-state index is 12.6. The molecule has 5 nitrogen and oxygen atoms in total. The molecular weight excluding hydrogens is 482 g/mol. The number of anilines is 1. The van der Waals surface area contributed by atoms with Crippen molar-refractivity contribution in [1.29, 1.82) is 0 Å². The molecular formula is C27H28BrNO4. The first-order valence-corrected chi connectivity index (χ1v) is 11.4. The molecule has 33 heavy (non-hydrogen) atoms. The molecule has 0 saturated carbocycles. The highest BCUT2D eigenvalue weighted by Gasteiger charge is 2.20. The normalized spacial score (nSPS) is 11.1. The fraction of sp³-hybridized carbons (Fsp3) is 0.259. The summed E-state index contributed by atoms with van der Waals surface area (Å²) in [4.78, 5) is 24.9. The lowest BCUT2D eigenvalue weighted by molar-refractivity contribution is -0.136. The molecule has 3 aromatic rings. The Bertz CT molecular complexity index is 1160. The number of hydrogen-bond donors (Lipinski definition) is 1. The van der Waals surface area contributed by atoms with E-state index in [0.29, 0.717) is 17.1 Å². The molecule has 1 amide bonds. The van der Waals surface area contributed by atoms with Gasteiger partial charge in [-0.1, -0.05) is 48.8 Å². The summed E-state index contributed by atoms with van der Waals surface area (Å²) in [6, 6.07) is 18.0. The molecule has 0 aromatic heterocycles. The fourth-order valence-electron chi connectivity index (χ4n) is 3.25. The minimum Gasteiger partial charge on any atom is -0.482 e. The maximum absolute atomic E-state index is 12.6. The average molecular weight is 510 g/mol. The molecule has 0 fully saturated rings. The van der Waals surface area contributed by atoms with Crippen LogP contribution in [0.4, 0.5) is 5.69 Å². The molecule has 0 aliphatic heterocycles. The van der Waals surface area contributed by atoms with E-state index in [0.717, 1.165) is 26.9 Å². The van der Waals surface area contributed by atoms with Gasteiger partial charge in [0.1, 0.15) is 11.5 Å². The molecule has 3 rings (SSSR count). The highest BCUT2D eigenvalue weighted by molar-refractivity contribution is 9.10. The first-order chi connectivity index (χ1) is 15.5. The van der Waals surface area contributed by atoms with Gasteiger partial charge in [-0.15, -0.1) is 0 Å². The van der Waals surface area contributed by atoms with E-state index in [1.54, 1.807) is 24.3 Å². The zero-order valence-electron chi connectivity index (χ0n) is 19.5. The fourth-order valence-corrected chi connectivity index (χ4v) is 3.61. The van der Waals surface area contributed by atoms with Gasteiger partial charge < -0.3 is 14.8 Å². The van der Waals surface area contributed by atoms with Gasteiger partial charge >= 0.3 is 5.97 Å². The van der Waals surface area contributed by atoms with Gasteiger partial charge in [-0.25, -0.2) is 4.79 Å².